The molecule has 1 fully saturated rings. The maximum Gasteiger partial charge on any atom is 0.161 e. The van der Waals surface area contributed by atoms with Gasteiger partial charge in [0.25, 0.3) is 0 Å². The number of rotatable bonds is 5. The van der Waals surface area contributed by atoms with Crippen molar-refractivity contribution in [2.24, 2.45) is 0 Å². The van der Waals surface area contributed by atoms with Gasteiger partial charge in [0.05, 0.1) is 13.2 Å². The molecular formula is C24H26O2. The minimum Gasteiger partial charge on any atom is -0.493 e. The lowest BCUT2D eigenvalue weighted by Gasteiger charge is -2.19. The van der Waals surface area contributed by atoms with Crippen LogP contribution < -0.4 is 9.47 Å². The second kappa shape index (κ2) is 7.41. The summed E-state index contributed by atoms with van der Waals surface area (Å²) in [5.74, 6) is 1.72. The fourth-order valence-corrected chi connectivity index (χ4v) is 3.96. The Morgan fingerprint density at radius 3 is 2.38 bits per heavy atom. The van der Waals surface area contributed by atoms with Crippen LogP contribution in [0.25, 0.3) is 21.9 Å². The predicted octanol–water partition coefficient (Wildman–Crippen LogP) is 6.40. The average Bonchev–Trinajstić information content (AvgIpc) is 3.20. The van der Waals surface area contributed by atoms with Gasteiger partial charge in [-0.1, -0.05) is 43.3 Å². The Kier molecular flexibility index (Phi) is 4.83. The molecule has 0 aromatic heterocycles. The first-order valence-corrected chi connectivity index (χ1v) is 9.65. The third kappa shape index (κ3) is 3.29. The molecule has 0 radical (unpaired) electrons. The summed E-state index contributed by atoms with van der Waals surface area (Å²) in [6.07, 6.45) is 6.13. The molecule has 0 saturated heterocycles. The van der Waals surface area contributed by atoms with E-state index >= 15 is 0 Å². The van der Waals surface area contributed by atoms with Crippen LogP contribution in [0.3, 0.4) is 0 Å². The summed E-state index contributed by atoms with van der Waals surface area (Å²) in [6, 6.07) is 19.5. The lowest BCUT2D eigenvalue weighted by atomic mass is 9.95. The Balaban J connectivity index is 1.76. The second-order valence-electron chi connectivity index (χ2n) is 7.10. The van der Waals surface area contributed by atoms with E-state index in [0.717, 1.165) is 30.8 Å². The Labute approximate surface area is 155 Å². The van der Waals surface area contributed by atoms with E-state index in [9.17, 15) is 0 Å². The van der Waals surface area contributed by atoms with Crippen molar-refractivity contribution in [1.82, 2.24) is 0 Å². The number of aryl methyl sites for hydroxylation is 1. The average molecular weight is 346 g/mol. The van der Waals surface area contributed by atoms with Crippen molar-refractivity contribution in [2.45, 2.75) is 45.1 Å². The third-order valence-corrected chi connectivity index (χ3v) is 5.43. The van der Waals surface area contributed by atoms with Gasteiger partial charge >= 0.3 is 0 Å². The zero-order valence-corrected chi connectivity index (χ0v) is 15.6. The van der Waals surface area contributed by atoms with Crippen LogP contribution in [0, 0.1) is 0 Å². The topological polar surface area (TPSA) is 18.5 Å². The minimum absolute atomic E-state index is 0.333. The molecule has 0 spiro atoms. The summed E-state index contributed by atoms with van der Waals surface area (Å²) in [4.78, 5) is 0. The van der Waals surface area contributed by atoms with E-state index < -0.39 is 0 Å². The number of hydrogen-bond donors (Lipinski definition) is 0. The molecule has 0 unspecified atom stereocenters. The van der Waals surface area contributed by atoms with Gasteiger partial charge in [0, 0.05) is 0 Å². The smallest absolute Gasteiger partial charge is 0.161 e. The number of benzene rings is 3. The van der Waals surface area contributed by atoms with Gasteiger partial charge in [-0.05, 0) is 77.8 Å². The van der Waals surface area contributed by atoms with Crippen molar-refractivity contribution in [3.63, 3.8) is 0 Å². The van der Waals surface area contributed by atoms with Crippen LogP contribution in [0.2, 0.25) is 0 Å². The molecule has 134 valence electrons. The Morgan fingerprint density at radius 1 is 0.885 bits per heavy atom. The highest BCUT2D eigenvalue weighted by atomic mass is 16.5. The molecule has 0 bridgehead atoms. The fourth-order valence-electron chi connectivity index (χ4n) is 3.96. The zero-order chi connectivity index (χ0) is 17.9. The van der Waals surface area contributed by atoms with E-state index in [2.05, 4.69) is 61.5 Å². The van der Waals surface area contributed by atoms with E-state index in [0.29, 0.717) is 6.10 Å². The molecule has 0 N–H and O–H groups in total. The van der Waals surface area contributed by atoms with Crippen LogP contribution in [0.15, 0.2) is 54.6 Å². The van der Waals surface area contributed by atoms with Gasteiger partial charge in [-0.25, -0.2) is 0 Å². The molecule has 2 nitrogen and oxygen atoms in total. The molecule has 0 aliphatic heterocycles. The van der Waals surface area contributed by atoms with Crippen molar-refractivity contribution in [3.05, 3.63) is 60.2 Å². The lowest BCUT2D eigenvalue weighted by Crippen LogP contribution is -2.12. The quantitative estimate of drug-likeness (QED) is 0.532. The normalized spacial score (nSPS) is 14.7. The molecular weight excluding hydrogens is 320 g/mol. The fraction of sp³-hybridized carbons (Fsp3) is 0.333. The number of ether oxygens (including phenoxy) is 2. The van der Waals surface area contributed by atoms with Crippen LogP contribution in [-0.4, -0.2) is 13.2 Å². The summed E-state index contributed by atoms with van der Waals surface area (Å²) >= 11 is 0. The number of fused-ring (bicyclic) bond motifs is 1. The minimum atomic E-state index is 0.333. The Bertz CT molecular complexity index is 907. The largest absolute Gasteiger partial charge is 0.493 e. The van der Waals surface area contributed by atoms with Gasteiger partial charge < -0.3 is 9.47 Å². The maximum absolute atomic E-state index is 6.28. The molecule has 0 amide bonds. The first-order valence-electron chi connectivity index (χ1n) is 9.65. The lowest BCUT2D eigenvalue weighted by molar-refractivity contribution is 0.200. The summed E-state index contributed by atoms with van der Waals surface area (Å²) in [5, 5.41) is 2.53. The zero-order valence-electron chi connectivity index (χ0n) is 15.6. The van der Waals surface area contributed by atoms with Crippen LogP contribution in [0.1, 0.15) is 38.2 Å². The van der Waals surface area contributed by atoms with Gasteiger partial charge in [-0.2, -0.15) is 0 Å². The molecule has 3 aromatic rings. The first-order chi connectivity index (χ1) is 12.8. The van der Waals surface area contributed by atoms with E-state index in [4.69, 9.17) is 9.47 Å². The van der Waals surface area contributed by atoms with E-state index in [1.165, 1.54) is 40.3 Å². The second-order valence-corrected chi connectivity index (χ2v) is 7.10. The van der Waals surface area contributed by atoms with Gasteiger partial charge in [0.15, 0.2) is 11.5 Å². The van der Waals surface area contributed by atoms with Gasteiger partial charge in [0.2, 0.25) is 0 Å². The first kappa shape index (κ1) is 17.0. The number of methoxy groups -OCH3 is 1. The van der Waals surface area contributed by atoms with Crippen LogP contribution in [-0.2, 0) is 6.42 Å². The Hall–Kier alpha value is -2.48. The molecule has 3 aromatic carbocycles. The van der Waals surface area contributed by atoms with Crippen molar-refractivity contribution in [1.29, 1.82) is 0 Å². The molecule has 0 atom stereocenters. The summed E-state index contributed by atoms with van der Waals surface area (Å²) in [7, 11) is 1.73. The monoisotopic (exact) mass is 346 g/mol. The van der Waals surface area contributed by atoms with E-state index in [1.54, 1.807) is 7.11 Å². The van der Waals surface area contributed by atoms with E-state index in [-0.39, 0.29) is 0 Å². The van der Waals surface area contributed by atoms with Crippen molar-refractivity contribution in [2.75, 3.05) is 7.11 Å². The highest BCUT2D eigenvalue weighted by molar-refractivity contribution is 5.88. The van der Waals surface area contributed by atoms with Crippen LogP contribution in [0.5, 0.6) is 11.5 Å². The highest BCUT2D eigenvalue weighted by Crippen LogP contribution is 2.38. The molecule has 4 rings (SSSR count). The van der Waals surface area contributed by atoms with Gasteiger partial charge in [-0.3, -0.25) is 0 Å². The standard InChI is InChI=1S/C24H26O2/c1-3-17-15-24(26-21-10-6-7-11-21)23(25-2)16-22(17)20-13-12-18-8-4-5-9-19(18)14-20/h4-5,8-9,12-16,21H,3,6-7,10-11H2,1-2H3. The Morgan fingerprint density at radius 2 is 1.65 bits per heavy atom. The highest BCUT2D eigenvalue weighted by Gasteiger charge is 2.20. The molecule has 1 aliphatic rings. The summed E-state index contributed by atoms with van der Waals surface area (Å²) in [5.41, 5.74) is 3.76. The molecule has 26 heavy (non-hydrogen) atoms. The van der Waals surface area contributed by atoms with Crippen molar-refractivity contribution >= 4 is 10.8 Å². The van der Waals surface area contributed by atoms with Gasteiger partial charge in [0.1, 0.15) is 0 Å². The van der Waals surface area contributed by atoms with Gasteiger partial charge in [-0.15, -0.1) is 0 Å². The van der Waals surface area contributed by atoms with Crippen molar-refractivity contribution in [3.8, 4) is 22.6 Å². The van der Waals surface area contributed by atoms with Crippen LogP contribution in [0.4, 0.5) is 0 Å². The number of hydrogen-bond acceptors (Lipinski definition) is 2. The predicted molar refractivity (Wildman–Crippen MR) is 108 cm³/mol. The molecule has 1 saturated carbocycles. The molecule has 2 heteroatoms. The van der Waals surface area contributed by atoms with Crippen LogP contribution >= 0.6 is 0 Å². The summed E-state index contributed by atoms with van der Waals surface area (Å²) in [6.45, 7) is 2.20. The third-order valence-electron chi connectivity index (χ3n) is 5.43. The van der Waals surface area contributed by atoms with E-state index in [1.807, 2.05) is 0 Å². The SMILES string of the molecule is CCc1cc(OC2CCCC2)c(OC)cc1-c1ccc2ccccc2c1. The maximum atomic E-state index is 6.28. The summed E-state index contributed by atoms with van der Waals surface area (Å²) < 4.78 is 12.0. The molecule has 1 aliphatic carbocycles. The molecule has 0 heterocycles. The van der Waals surface area contributed by atoms with Crippen molar-refractivity contribution < 1.29 is 9.47 Å².